The van der Waals surface area contributed by atoms with E-state index in [9.17, 15) is 9.90 Å². The van der Waals surface area contributed by atoms with E-state index in [1.807, 2.05) is 64.2 Å². The Morgan fingerprint density at radius 1 is 0.867 bits per heavy atom. The molecule has 0 bridgehead atoms. The van der Waals surface area contributed by atoms with Crippen LogP contribution in [0.4, 0.5) is 4.79 Å². The number of aromatic hydroxyl groups is 1. The van der Waals surface area contributed by atoms with E-state index in [0.29, 0.717) is 18.4 Å². The second-order valence-corrected chi connectivity index (χ2v) is 13.2. The number of nitrogens with one attached hydrogen (secondary N) is 4. The van der Waals surface area contributed by atoms with E-state index in [1.54, 1.807) is 6.07 Å². The number of H-pyrrole nitrogens is 2. The second kappa shape index (κ2) is 12.9. The summed E-state index contributed by atoms with van der Waals surface area (Å²) in [4.78, 5) is 19.1. The molecule has 5 aromatic rings. The number of ether oxygens (including phenoxy) is 2. The summed E-state index contributed by atoms with van der Waals surface area (Å²) < 4.78 is 11.4. The fraction of sp³-hybridized carbons (Fsp3) is 0.378. The molecule has 2 heterocycles. The number of phenols is 1. The number of aromatic nitrogens is 2. The number of benzene rings is 3. The lowest BCUT2D eigenvalue weighted by molar-refractivity contribution is 0.0500. The molecule has 8 nitrogen and oxygen atoms in total. The van der Waals surface area contributed by atoms with Gasteiger partial charge in [0.1, 0.15) is 23.7 Å². The lowest BCUT2D eigenvalue weighted by atomic mass is 9.91. The number of likely N-dealkylation sites (N-methyl/N-ethyl adjacent to an activating group) is 1. The van der Waals surface area contributed by atoms with Crippen molar-refractivity contribution in [1.29, 1.82) is 0 Å². The normalized spacial score (nSPS) is 17.6. The maximum Gasteiger partial charge on any atom is 0.407 e. The van der Waals surface area contributed by atoms with Crippen molar-refractivity contribution in [1.82, 2.24) is 20.6 Å². The van der Waals surface area contributed by atoms with Gasteiger partial charge in [0.15, 0.2) is 0 Å². The molecule has 45 heavy (non-hydrogen) atoms. The highest BCUT2D eigenvalue weighted by Crippen LogP contribution is 2.33. The zero-order chi connectivity index (χ0) is 31.6. The van der Waals surface area contributed by atoms with Gasteiger partial charge in [-0.2, -0.15) is 0 Å². The Morgan fingerprint density at radius 3 is 2.16 bits per heavy atom. The Kier molecular flexibility index (Phi) is 8.76. The number of aromatic amines is 2. The maximum absolute atomic E-state index is 12.2. The van der Waals surface area contributed by atoms with Crippen molar-refractivity contribution >= 4 is 27.9 Å². The van der Waals surface area contributed by atoms with E-state index in [0.717, 1.165) is 54.5 Å². The average molecular weight is 609 g/mol. The van der Waals surface area contributed by atoms with Gasteiger partial charge in [0.25, 0.3) is 0 Å². The first-order valence-electron chi connectivity index (χ1n) is 15.9. The molecule has 1 amide bonds. The average Bonchev–Trinajstić information content (AvgIpc) is 3.56. The molecule has 0 saturated heterocycles. The third-order valence-electron chi connectivity index (χ3n) is 8.71. The first-order chi connectivity index (χ1) is 21.6. The van der Waals surface area contributed by atoms with Crippen LogP contribution in [0.15, 0.2) is 66.7 Å². The Morgan fingerprint density at radius 2 is 1.49 bits per heavy atom. The number of carbonyl (C=O) groups excluding carboxylic acids is 1. The van der Waals surface area contributed by atoms with Gasteiger partial charge in [-0.3, -0.25) is 0 Å². The quantitative estimate of drug-likeness (QED) is 0.146. The van der Waals surface area contributed by atoms with Crippen LogP contribution in [0.3, 0.4) is 0 Å². The number of hydrogen-bond acceptors (Lipinski definition) is 5. The second-order valence-electron chi connectivity index (χ2n) is 13.2. The van der Waals surface area contributed by atoms with Crippen molar-refractivity contribution in [2.24, 2.45) is 0 Å². The molecule has 0 radical (unpaired) electrons. The highest BCUT2D eigenvalue weighted by molar-refractivity contribution is 5.87. The van der Waals surface area contributed by atoms with Crippen LogP contribution in [0.5, 0.6) is 11.5 Å². The molecular weight excluding hydrogens is 564 g/mol. The van der Waals surface area contributed by atoms with Crippen LogP contribution in [-0.4, -0.2) is 45.9 Å². The number of fused-ring (bicyclic) bond motifs is 6. The summed E-state index contributed by atoms with van der Waals surface area (Å²) in [5, 5.41) is 18.3. The number of amides is 1. The van der Waals surface area contributed by atoms with Crippen LogP contribution in [0.1, 0.15) is 61.7 Å². The van der Waals surface area contributed by atoms with Gasteiger partial charge in [-0.25, -0.2) is 4.79 Å². The van der Waals surface area contributed by atoms with Crippen LogP contribution in [0.25, 0.3) is 21.8 Å². The van der Waals surface area contributed by atoms with Gasteiger partial charge < -0.3 is 35.2 Å². The highest BCUT2D eigenvalue weighted by atomic mass is 16.6. The fourth-order valence-electron chi connectivity index (χ4n) is 6.48. The number of aryl methyl sites for hydroxylation is 2. The molecule has 7 rings (SSSR count). The molecule has 2 aromatic heterocycles. The molecule has 5 N–H and O–H groups in total. The minimum atomic E-state index is -0.490. The van der Waals surface area contributed by atoms with Crippen molar-refractivity contribution in [3.63, 3.8) is 0 Å². The van der Waals surface area contributed by atoms with E-state index in [2.05, 4.69) is 44.9 Å². The maximum atomic E-state index is 12.2. The van der Waals surface area contributed by atoms with Crippen LogP contribution >= 0.6 is 0 Å². The zero-order valence-corrected chi connectivity index (χ0v) is 26.6. The SMILES string of the molecule is CC(C)(C)OC(=O)NC1CCc2[nH]c3ccc(OCc4ccccc4)cc3c2C1.CNC1CCc2[nH]c3ccc(O)cc3c2C1. The third-order valence-corrected chi connectivity index (χ3v) is 8.71. The predicted molar refractivity (Wildman–Crippen MR) is 179 cm³/mol. The summed E-state index contributed by atoms with van der Waals surface area (Å²) in [5.74, 6) is 1.20. The molecule has 2 aliphatic carbocycles. The summed E-state index contributed by atoms with van der Waals surface area (Å²) in [7, 11) is 2.02. The number of carbonyl (C=O) groups is 1. The van der Waals surface area contributed by atoms with Crippen LogP contribution in [-0.2, 0) is 37.0 Å². The van der Waals surface area contributed by atoms with Gasteiger partial charge in [-0.1, -0.05) is 30.3 Å². The summed E-state index contributed by atoms with van der Waals surface area (Å²) in [5.41, 5.74) is 8.13. The molecule has 2 aliphatic rings. The van der Waals surface area contributed by atoms with Crippen molar-refractivity contribution in [3.05, 3.63) is 94.8 Å². The van der Waals surface area contributed by atoms with Crippen LogP contribution < -0.4 is 15.4 Å². The lowest BCUT2D eigenvalue weighted by Gasteiger charge is -2.26. The number of alkyl carbamates (subject to hydrolysis) is 1. The largest absolute Gasteiger partial charge is 0.508 e. The lowest BCUT2D eigenvalue weighted by Crippen LogP contribution is -2.41. The minimum Gasteiger partial charge on any atom is -0.508 e. The van der Waals surface area contributed by atoms with Crippen molar-refractivity contribution < 1.29 is 19.4 Å². The predicted octanol–water partition coefficient (Wildman–Crippen LogP) is 7.08. The van der Waals surface area contributed by atoms with E-state index in [1.165, 1.54) is 39.7 Å². The molecule has 0 saturated carbocycles. The van der Waals surface area contributed by atoms with Gasteiger partial charge in [-0.05, 0) is 119 Å². The monoisotopic (exact) mass is 608 g/mol. The first-order valence-corrected chi connectivity index (χ1v) is 15.9. The Bertz CT molecular complexity index is 1780. The molecular formula is C37H44N4O4. The molecule has 0 spiro atoms. The highest BCUT2D eigenvalue weighted by Gasteiger charge is 2.26. The summed E-state index contributed by atoms with van der Waals surface area (Å²) in [6.07, 6.45) is 5.57. The molecule has 0 aliphatic heterocycles. The fourth-order valence-corrected chi connectivity index (χ4v) is 6.48. The molecule has 0 fully saturated rings. The number of hydrogen-bond donors (Lipinski definition) is 5. The zero-order valence-electron chi connectivity index (χ0n) is 26.6. The minimum absolute atomic E-state index is 0.0743. The Labute approximate surface area is 264 Å². The van der Waals surface area contributed by atoms with Crippen LogP contribution in [0.2, 0.25) is 0 Å². The van der Waals surface area contributed by atoms with E-state index >= 15 is 0 Å². The molecule has 3 aromatic carbocycles. The van der Waals surface area contributed by atoms with Gasteiger partial charge in [0.2, 0.25) is 0 Å². The van der Waals surface area contributed by atoms with Gasteiger partial charge in [0, 0.05) is 45.3 Å². The van der Waals surface area contributed by atoms with Gasteiger partial charge in [0.05, 0.1) is 0 Å². The van der Waals surface area contributed by atoms with E-state index in [4.69, 9.17) is 9.47 Å². The van der Waals surface area contributed by atoms with E-state index in [-0.39, 0.29) is 12.1 Å². The standard InChI is InChI=1S/C24H28N2O3.C13H16N2O/c1-24(2,3)29-23(27)25-17-9-11-21-19(13-17)20-14-18(10-12-22(20)26-21)28-15-16-7-5-4-6-8-16;1-14-8-2-4-12-10(6-8)11-7-9(16)3-5-13(11)15-12/h4-8,10,12,14,17,26H,9,11,13,15H2,1-3H3,(H,25,27);3,5,7-8,14-16H,2,4,6H2,1H3. The molecule has 236 valence electrons. The smallest absolute Gasteiger partial charge is 0.407 e. The van der Waals surface area contributed by atoms with Crippen molar-refractivity contribution in [3.8, 4) is 11.5 Å². The summed E-state index contributed by atoms with van der Waals surface area (Å²) in [6, 6.07) is 22.5. The van der Waals surface area contributed by atoms with Gasteiger partial charge in [-0.15, -0.1) is 0 Å². The van der Waals surface area contributed by atoms with E-state index < -0.39 is 5.60 Å². The molecule has 2 atom stereocenters. The summed E-state index contributed by atoms with van der Waals surface area (Å²) >= 11 is 0. The first kappa shape index (κ1) is 30.6. The summed E-state index contributed by atoms with van der Waals surface area (Å²) in [6.45, 7) is 6.17. The molecule has 8 heteroatoms. The molecule has 2 unspecified atom stereocenters. The van der Waals surface area contributed by atoms with Crippen molar-refractivity contribution in [2.45, 2.75) is 83.6 Å². The van der Waals surface area contributed by atoms with Gasteiger partial charge >= 0.3 is 6.09 Å². The Hall–Kier alpha value is -4.43. The van der Waals surface area contributed by atoms with Crippen molar-refractivity contribution in [2.75, 3.05) is 7.05 Å². The number of rotatable bonds is 5. The Balaban J connectivity index is 0.000000187. The number of phenolic OH excluding ortho intramolecular Hbond substituents is 1. The van der Waals surface area contributed by atoms with Crippen LogP contribution in [0, 0.1) is 0 Å². The topological polar surface area (TPSA) is 111 Å². The third kappa shape index (κ3) is 7.28.